The van der Waals surface area contributed by atoms with Gasteiger partial charge in [0.05, 0.1) is 0 Å². The van der Waals surface area contributed by atoms with Gasteiger partial charge in [-0.2, -0.15) is 0 Å². The zero-order valence-electron chi connectivity index (χ0n) is 15.3. The average Bonchev–Trinajstić information content (AvgIpc) is 3.07. The van der Waals surface area contributed by atoms with E-state index in [0.717, 1.165) is 18.3 Å². The highest BCUT2D eigenvalue weighted by Crippen LogP contribution is 2.37. The molecule has 0 aliphatic carbocycles. The highest BCUT2D eigenvalue weighted by molar-refractivity contribution is 7.27. The van der Waals surface area contributed by atoms with Crippen molar-refractivity contribution in [2.24, 2.45) is 0 Å². The molecule has 4 heteroatoms. The van der Waals surface area contributed by atoms with Gasteiger partial charge in [0, 0.05) is 38.8 Å². The summed E-state index contributed by atoms with van der Waals surface area (Å²) in [6.45, 7) is 5.67. The van der Waals surface area contributed by atoms with Crippen molar-refractivity contribution in [1.29, 1.82) is 0 Å². The summed E-state index contributed by atoms with van der Waals surface area (Å²) in [5.74, 6) is 0. The van der Waals surface area contributed by atoms with E-state index in [-0.39, 0.29) is 7.12 Å². The maximum absolute atomic E-state index is 6.12. The predicted molar refractivity (Wildman–Crippen MR) is 115 cm³/mol. The number of thiophene rings is 1. The third-order valence-electron chi connectivity index (χ3n) is 4.60. The number of hydrogen-bond acceptors (Lipinski definition) is 3. The highest BCUT2D eigenvalue weighted by atomic mass is 32.1. The standard InChI is InChI=1S/C22H23BO2S/c1-3-13-24-23(25-14-4-2)19-15-16-9-5-6-10-17(16)21-18-11-7-8-12-20(18)26-22(19)21/h5-12,15H,3-4,13-14H2,1-2H3. The van der Waals surface area contributed by atoms with Crippen molar-refractivity contribution < 1.29 is 9.31 Å². The molecule has 132 valence electrons. The Labute approximate surface area is 158 Å². The normalized spacial score (nSPS) is 11.6. The third-order valence-corrected chi connectivity index (χ3v) is 5.82. The molecule has 4 rings (SSSR count). The molecule has 26 heavy (non-hydrogen) atoms. The molecule has 0 unspecified atom stereocenters. The lowest BCUT2D eigenvalue weighted by atomic mass is 9.76. The molecule has 0 fully saturated rings. The topological polar surface area (TPSA) is 18.5 Å². The van der Waals surface area contributed by atoms with Gasteiger partial charge in [0.1, 0.15) is 0 Å². The van der Waals surface area contributed by atoms with Gasteiger partial charge in [-0.05, 0) is 29.7 Å². The van der Waals surface area contributed by atoms with E-state index in [2.05, 4.69) is 68.4 Å². The molecule has 2 nitrogen and oxygen atoms in total. The SMILES string of the molecule is CCCOB(OCCC)c1cc2ccccc2c2c1sc1ccccc12. The van der Waals surface area contributed by atoms with E-state index in [0.29, 0.717) is 13.2 Å². The first-order valence-electron chi connectivity index (χ1n) is 9.39. The summed E-state index contributed by atoms with van der Waals surface area (Å²) in [5, 5.41) is 5.18. The van der Waals surface area contributed by atoms with Crippen LogP contribution in [0.5, 0.6) is 0 Å². The average molecular weight is 362 g/mol. The van der Waals surface area contributed by atoms with Crippen molar-refractivity contribution >= 4 is 54.9 Å². The minimum atomic E-state index is -0.310. The third kappa shape index (κ3) is 3.13. The Kier molecular flexibility index (Phi) is 5.25. The molecule has 0 aliphatic heterocycles. The van der Waals surface area contributed by atoms with Crippen LogP contribution in [0.4, 0.5) is 0 Å². The van der Waals surface area contributed by atoms with Gasteiger partial charge in [-0.3, -0.25) is 0 Å². The van der Waals surface area contributed by atoms with Crippen molar-refractivity contribution in [2.75, 3.05) is 13.2 Å². The molecule has 1 heterocycles. The van der Waals surface area contributed by atoms with E-state index < -0.39 is 0 Å². The van der Waals surface area contributed by atoms with Gasteiger partial charge in [0.15, 0.2) is 0 Å². The Morgan fingerprint density at radius 3 is 2.23 bits per heavy atom. The molecule has 0 bridgehead atoms. The van der Waals surface area contributed by atoms with Gasteiger partial charge < -0.3 is 9.31 Å². The van der Waals surface area contributed by atoms with Crippen LogP contribution in [0.15, 0.2) is 54.6 Å². The molecular weight excluding hydrogens is 339 g/mol. The molecule has 0 N–H and O–H groups in total. The number of benzene rings is 3. The molecule has 0 amide bonds. The second kappa shape index (κ2) is 7.79. The number of rotatable bonds is 7. The Hall–Kier alpha value is -1.88. The fourth-order valence-electron chi connectivity index (χ4n) is 3.45. The molecule has 0 spiro atoms. The van der Waals surface area contributed by atoms with Crippen LogP contribution in [0.2, 0.25) is 0 Å². The maximum atomic E-state index is 6.12. The number of hydrogen-bond donors (Lipinski definition) is 0. The zero-order valence-corrected chi connectivity index (χ0v) is 16.1. The first kappa shape index (κ1) is 17.5. The van der Waals surface area contributed by atoms with Gasteiger partial charge in [-0.1, -0.05) is 62.4 Å². The first-order chi connectivity index (χ1) is 12.8. The Morgan fingerprint density at radius 2 is 1.50 bits per heavy atom. The van der Waals surface area contributed by atoms with E-state index in [1.807, 2.05) is 11.3 Å². The second-order valence-corrected chi connectivity index (χ2v) is 7.61. The van der Waals surface area contributed by atoms with Gasteiger partial charge in [0.25, 0.3) is 0 Å². The summed E-state index contributed by atoms with van der Waals surface area (Å²) in [6.07, 6.45) is 1.96. The smallest absolute Gasteiger partial charge is 0.407 e. The van der Waals surface area contributed by atoms with Crippen LogP contribution in [-0.4, -0.2) is 20.3 Å². The summed E-state index contributed by atoms with van der Waals surface area (Å²) in [4.78, 5) is 0. The molecule has 3 aromatic carbocycles. The molecular formula is C22H23BO2S. The van der Waals surface area contributed by atoms with E-state index in [4.69, 9.17) is 9.31 Å². The molecule has 0 radical (unpaired) electrons. The Bertz CT molecular complexity index is 1030. The van der Waals surface area contributed by atoms with Crippen LogP contribution in [0.1, 0.15) is 26.7 Å². The lowest BCUT2D eigenvalue weighted by molar-refractivity contribution is 0.208. The van der Waals surface area contributed by atoms with Crippen molar-refractivity contribution in [2.45, 2.75) is 26.7 Å². The monoisotopic (exact) mass is 362 g/mol. The van der Waals surface area contributed by atoms with Crippen LogP contribution >= 0.6 is 11.3 Å². The van der Waals surface area contributed by atoms with Crippen LogP contribution < -0.4 is 5.46 Å². The molecule has 0 aliphatic rings. The van der Waals surface area contributed by atoms with Crippen LogP contribution in [0.25, 0.3) is 30.9 Å². The number of fused-ring (bicyclic) bond motifs is 5. The predicted octanol–water partition coefficient (Wildman–Crippen LogP) is 5.76. The van der Waals surface area contributed by atoms with E-state index >= 15 is 0 Å². The lowest BCUT2D eigenvalue weighted by Crippen LogP contribution is -2.37. The Morgan fingerprint density at radius 1 is 0.846 bits per heavy atom. The van der Waals surface area contributed by atoms with E-state index in [1.165, 1.54) is 30.9 Å². The summed E-state index contributed by atoms with van der Waals surface area (Å²) in [5.41, 5.74) is 1.15. The minimum Gasteiger partial charge on any atom is -0.407 e. The van der Waals surface area contributed by atoms with Gasteiger partial charge in [-0.15, -0.1) is 11.3 Å². The summed E-state index contributed by atoms with van der Waals surface area (Å²) >= 11 is 1.84. The molecule has 0 saturated heterocycles. The fraction of sp³-hybridized carbons (Fsp3) is 0.273. The molecule has 0 saturated carbocycles. The highest BCUT2D eigenvalue weighted by Gasteiger charge is 2.26. The first-order valence-corrected chi connectivity index (χ1v) is 10.2. The molecule has 0 atom stereocenters. The minimum absolute atomic E-state index is 0.310. The summed E-state index contributed by atoms with van der Waals surface area (Å²) in [6, 6.07) is 19.5. The second-order valence-electron chi connectivity index (χ2n) is 6.56. The van der Waals surface area contributed by atoms with Crippen molar-refractivity contribution in [3.8, 4) is 0 Å². The zero-order chi connectivity index (χ0) is 17.9. The molecule has 1 aromatic heterocycles. The van der Waals surface area contributed by atoms with Crippen LogP contribution in [0.3, 0.4) is 0 Å². The van der Waals surface area contributed by atoms with Gasteiger partial charge in [0.2, 0.25) is 0 Å². The van der Waals surface area contributed by atoms with E-state index in [9.17, 15) is 0 Å². The lowest BCUT2D eigenvalue weighted by Gasteiger charge is -2.16. The largest absolute Gasteiger partial charge is 0.495 e. The molecule has 4 aromatic rings. The van der Waals surface area contributed by atoms with Crippen LogP contribution in [0, 0.1) is 0 Å². The van der Waals surface area contributed by atoms with Crippen LogP contribution in [-0.2, 0) is 9.31 Å². The van der Waals surface area contributed by atoms with Gasteiger partial charge in [-0.25, -0.2) is 0 Å². The fourth-order valence-corrected chi connectivity index (χ4v) is 4.69. The van der Waals surface area contributed by atoms with E-state index in [1.54, 1.807) is 0 Å². The quantitative estimate of drug-likeness (QED) is 0.389. The summed E-state index contributed by atoms with van der Waals surface area (Å²) < 4.78 is 14.8. The van der Waals surface area contributed by atoms with Crippen molar-refractivity contribution in [3.63, 3.8) is 0 Å². The van der Waals surface area contributed by atoms with Crippen molar-refractivity contribution in [3.05, 3.63) is 54.6 Å². The van der Waals surface area contributed by atoms with Gasteiger partial charge >= 0.3 is 7.12 Å². The Balaban J connectivity index is 2.00. The maximum Gasteiger partial charge on any atom is 0.495 e. The van der Waals surface area contributed by atoms with Crippen molar-refractivity contribution in [1.82, 2.24) is 0 Å². The summed E-state index contributed by atoms with van der Waals surface area (Å²) in [7, 11) is -0.310.